The SMILES string of the molecule is CCOCCCNc1cc2c(cc1N)n(C)c(=O)c(=O)n2C. The molecule has 1 aromatic carbocycles. The Morgan fingerprint density at radius 2 is 1.73 bits per heavy atom. The summed E-state index contributed by atoms with van der Waals surface area (Å²) in [5.74, 6) is 0. The van der Waals surface area contributed by atoms with Gasteiger partial charge >= 0.3 is 11.1 Å². The molecule has 0 spiro atoms. The van der Waals surface area contributed by atoms with E-state index in [-0.39, 0.29) is 0 Å². The smallest absolute Gasteiger partial charge is 0.316 e. The lowest BCUT2D eigenvalue weighted by atomic mass is 10.2. The fraction of sp³-hybridized carbons (Fsp3) is 0.467. The van der Waals surface area contributed by atoms with Gasteiger partial charge in [-0.25, -0.2) is 0 Å². The van der Waals surface area contributed by atoms with E-state index in [1.165, 1.54) is 9.13 Å². The maximum atomic E-state index is 11.9. The number of nitrogens with one attached hydrogen (secondary N) is 1. The normalized spacial score (nSPS) is 11.0. The van der Waals surface area contributed by atoms with Crippen molar-refractivity contribution in [1.29, 1.82) is 0 Å². The lowest BCUT2D eigenvalue weighted by Crippen LogP contribution is -2.39. The Hall–Kier alpha value is -2.28. The van der Waals surface area contributed by atoms with Gasteiger partial charge in [-0.3, -0.25) is 9.59 Å². The van der Waals surface area contributed by atoms with Crippen molar-refractivity contribution in [3.05, 3.63) is 32.8 Å². The number of ether oxygens (including phenoxy) is 1. The summed E-state index contributed by atoms with van der Waals surface area (Å²) in [7, 11) is 3.15. The maximum Gasteiger partial charge on any atom is 0.316 e. The molecule has 22 heavy (non-hydrogen) atoms. The van der Waals surface area contributed by atoms with Gasteiger partial charge in [0.15, 0.2) is 0 Å². The Labute approximate surface area is 128 Å². The fourth-order valence-corrected chi connectivity index (χ4v) is 2.33. The van der Waals surface area contributed by atoms with E-state index in [0.717, 1.165) is 18.7 Å². The minimum atomic E-state index is -0.563. The van der Waals surface area contributed by atoms with Crippen molar-refractivity contribution >= 4 is 22.4 Å². The van der Waals surface area contributed by atoms with Crippen molar-refractivity contribution in [1.82, 2.24) is 9.13 Å². The van der Waals surface area contributed by atoms with Gasteiger partial charge in [0.1, 0.15) is 0 Å². The molecule has 1 aromatic heterocycles. The lowest BCUT2D eigenvalue weighted by Gasteiger charge is -2.14. The van der Waals surface area contributed by atoms with Crippen LogP contribution in [0.4, 0.5) is 11.4 Å². The van der Waals surface area contributed by atoms with E-state index in [9.17, 15) is 9.59 Å². The molecular formula is C15H22N4O3. The van der Waals surface area contributed by atoms with Gasteiger partial charge in [0.05, 0.1) is 22.4 Å². The van der Waals surface area contributed by atoms with E-state index < -0.39 is 11.1 Å². The van der Waals surface area contributed by atoms with Gasteiger partial charge in [-0.15, -0.1) is 0 Å². The van der Waals surface area contributed by atoms with Crippen LogP contribution in [0.1, 0.15) is 13.3 Å². The molecule has 0 aliphatic heterocycles. The number of hydrogen-bond donors (Lipinski definition) is 2. The number of rotatable bonds is 6. The minimum absolute atomic E-state index is 0.539. The van der Waals surface area contributed by atoms with E-state index in [1.807, 2.05) is 6.92 Å². The van der Waals surface area contributed by atoms with Crippen LogP contribution < -0.4 is 22.2 Å². The zero-order valence-corrected chi connectivity index (χ0v) is 13.2. The summed E-state index contributed by atoms with van der Waals surface area (Å²) in [6, 6.07) is 3.51. The predicted octanol–water partition coefficient (Wildman–Crippen LogP) is 0.658. The predicted molar refractivity (Wildman–Crippen MR) is 88.4 cm³/mol. The number of nitrogens with zero attached hydrogens (tertiary/aromatic N) is 2. The molecule has 7 nitrogen and oxygen atoms in total. The molecule has 0 bridgehead atoms. The van der Waals surface area contributed by atoms with Crippen LogP contribution in [0.3, 0.4) is 0 Å². The molecule has 120 valence electrons. The number of nitrogen functional groups attached to an aromatic ring is 1. The molecule has 7 heteroatoms. The molecule has 0 fully saturated rings. The average molecular weight is 306 g/mol. The monoisotopic (exact) mass is 306 g/mol. The quantitative estimate of drug-likeness (QED) is 0.465. The first kappa shape index (κ1) is 16.1. The van der Waals surface area contributed by atoms with Gasteiger partial charge in [-0.1, -0.05) is 0 Å². The highest BCUT2D eigenvalue weighted by Gasteiger charge is 2.11. The van der Waals surface area contributed by atoms with Crippen LogP contribution in [0, 0.1) is 0 Å². The Balaban J connectivity index is 2.36. The van der Waals surface area contributed by atoms with Crippen LogP contribution in [-0.4, -0.2) is 28.9 Å². The topological polar surface area (TPSA) is 91.3 Å². The molecule has 0 amide bonds. The summed E-state index contributed by atoms with van der Waals surface area (Å²) in [4.78, 5) is 23.7. The van der Waals surface area contributed by atoms with Gasteiger partial charge in [0.2, 0.25) is 0 Å². The van der Waals surface area contributed by atoms with Crippen LogP contribution in [-0.2, 0) is 18.8 Å². The molecule has 0 unspecified atom stereocenters. The lowest BCUT2D eigenvalue weighted by molar-refractivity contribution is 0.147. The maximum absolute atomic E-state index is 11.9. The van der Waals surface area contributed by atoms with Crippen molar-refractivity contribution in [2.75, 3.05) is 30.8 Å². The van der Waals surface area contributed by atoms with E-state index in [0.29, 0.717) is 29.9 Å². The van der Waals surface area contributed by atoms with E-state index in [1.54, 1.807) is 26.2 Å². The second kappa shape index (κ2) is 6.65. The summed E-state index contributed by atoms with van der Waals surface area (Å²) in [6.07, 6.45) is 0.859. The number of hydrogen-bond acceptors (Lipinski definition) is 5. The van der Waals surface area contributed by atoms with Crippen molar-refractivity contribution in [2.45, 2.75) is 13.3 Å². The van der Waals surface area contributed by atoms with E-state index in [4.69, 9.17) is 10.5 Å². The molecule has 1 heterocycles. The highest BCUT2D eigenvalue weighted by atomic mass is 16.5. The van der Waals surface area contributed by atoms with Crippen LogP contribution in [0.25, 0.3) is 11.0 Å². The Bertz CT molecular complexity index is 792. The first-order valence-electron chi connectivity index (χ1n) is 7.28. The highest BCUT2D eigenvalue weighted by Crippen LogP contribution is 2.24. The second-order valence-electron chi connectivity index (χ2n) is 5.13. The number of fused-ring (bicyclic) bond motifs is 1. The van der Waals surface area contributed by atoms with Gasteiger partial charge in [-0.05, 0) is 25.5 Å². The first-order valence-corrected chi connectivity index (χ1v) is 7.28. The molecule has 2 aromatic rings. The van der Waals surface area contributed by atoms with Crippen LogP contribution in [0.15, 0.2) is 21.7 Å². The van der Waals surface area contributed by atoms with Crippen LogP contribution in [0.5, 0.6) is 0 Å². The van der Waals surface area contributed by atoms with Crippen LogP contribution in [0.2, 0.25) is 0 Å². The Morgan fingerprint density at radius 3 is 2.32 bits per heavy atom. The van der Waals surface area contributed by atoms with Crippen molar-refractivity contribution in [2.24, 2.45) is 14.1 Å². The van der Waals surface area contributed by atoms with E-state index >= 15 is 0 Å². The summed E-state index contributed by atoms with van der Waals surface area (Å²) in [5, 5.41) is 3.24. The molecule has 2 rings (SSSR count). The molecule has 0 atom stereocenters. The molecule has 0 saturated carbocycles. The summed E-state index contributed by atoms with van der Waals surface area (Å²) < 4.78 is 7.96. The average Bonchev–Trinajstić information content (AvgIpc) is 2.51. The highest BCUT2D eigenvalue weighted by molar-refractivity contribution is 5.86. The van der Waals surface area contributed by atoms with Gasteiger partial charge in [0.25, 0.3) is 0 Å². The molecule has 0 saturated heterocycles. The third kappa shape index (κ3) is 2.99. The molecule has 0 radical (unpaired) electrons. The fourth-order valence-electron chi connectivity index (χ4n) is 2.33. The second-order valence-corrected chi connectivity index (χ2v) is 5.13. The Morgan fingerprint density at radius 1 is 1.14 bits per heavy atom. The number of aryl methyl sites for hydroxylation is 2. The third-order valence-electron chi connectivity index (χ3n) is 3.65. The van der Waals surface area contributed by atoms with E-state index in [2.05, 4.69) is 5.32 Å². The van der Waals surface area contributed by atoms with Gasteiger partial charge < -0.3 is 24.9 Å². The zero-order valence-electron chi connectivity index (χ0n) is 13.2. The number of anilines is 2. The molecule has 0 aliphatic rings. The third-order valence-corrected chi connectivity index (χ3v) is 3.65. The number of aromatic nitrogens is 2. The van der Waals surface area contributed by atoms with Crippen molar-refractivity contribution < 1.29 is 4.74 Å². The van der Waals surface area contributed by atoms with Crippen molar-refractivity contribution in [3.63, 3.8) is 0 Å². The summed E-state index contributed by atoms with van der Waals surface area (Å²) >= 11 is 0. The Kier molecular flexibility index (Phi) is 4.87. The molecule has 3 N–H and O–H groups in total. The summed E-state index contributed by atoms with van der Waals surface area (Å²) in [6.45, 7) is 4.06. The first-order chi connectivity index (χ1) is 10.5. The minimum Gasteiger partial charge on any atom is -0.397 e. The standard InChI is InChI=1S/C15H22N4O3/c1-4-22-7-5-6-17-11-9-13-12(8-10(11)16)18(2)14(20)15(21)19(13)3/h8-9,17H,4-7,16H2,1-3H3. The van der Waals surface area contributed by atoms with Gasteiger partial charge in [0, 0.05) is 33.9 Å². The largest absolute Gasteiger partial charge is 0.397 e. The summed E-state index contributed by atoms with van der Waals surface area (Å²) in [5.41, 5.74) is 7.50. The molecule has 0 aliphatic carbocycles. The zero-order chi connectivity index (χ0) is 16.3. The van der Waals surface area contributed by atoms with Crippen molar-refractivity contribution in [3.8, 4) is 0 Å². The number of benzene rings is 1. The number of nitrogens with two attached hydrogens (primary N) is 1. The van der Waals surface area contributed by atoms with Gasteiger partial charge in [-0.2, -0.15) is 0 Å². The molecular weight excluding hydrogens is 284 g/mol. The van der Waals surface area contributed by atoms with Crippen LogP contribution >= 0.6 is 0 Å².